The molecule has 1 aromatic heterocycles. The molecule has 0 aliphatic rings. The molecule has 0 bridgehead atoms. The number of carbonyl (C=O) groups excluding carboxylic acids is 1. The van der Waals surface area contributed by atoms with Crippen LogP contribution in [0.2, 0.25) is 0 Å². The standard InChI is InChI=1S/C15H16N4O3S/c1-8-3-10(4-9(2)14(8)22)7-16-19-13(21)6-11-5-12(20)18-15(23)17-11/h3-5,7,22H,6H2,1-2H3,(H,19,21)(H2,17,18,20,23)/b16-7+. The van der Waals surface area contributed by atoms with Crippen molar-refractivity contribution in [1.82, 2.24) is 15.4 Å². The molecule has 1 aromatic carbocycles. The van der Waals surface area contributed by atoms with E-state index in [1.54, 1.807) is 26.0 Å². The number of phenolic OH excluding ortho intramolecular Hbond substituents is 1. The van der Waals surface area contributed by atoms with E-state index in [1.165, 1.54) is 12.3 Å². The molecule has 1 heterocycles. The number of aromatic amines is 2. The second-order valence-corrected chi connectivity index (χ2v) is 5.49. The van der Waals surface area contributed by atoms with Crippen molar-refractivity contribution in [3.05, 3.63) is 55.7 Å². The van der Waals surface area contributed by atoms with Crippen molar-refractivity contribution in [2.45, 2.75) is 20.3 Å². The Bertz CT molecular complexity index is 832. The van der Waals surface area contributed by atoms with Gasteiger partial charge in [0.1, 0.15) is 5.75 Å². The highest BCUT2D eigenvalue weighted by Gasteiger charge is 2.04. The van der Waals surface area contributed by atoms with E-state index in [0.29, 0.717) is 5.69 Å². The number of aryl methyl sites for hydroxylation is 2. The van der Waals surface area contributed by atoms with Gasteiger partial charge in [0.05, 0.1) is 12.6 Å². The van der Waals surface area contributed by atoms with Crippen LogP contribution < -0.4 is 11.0 Å². The van der Waals surface area contributed by atoms with Crippen LogP contribution in [0.5, 0.6) is 5.75 Å². The Morgan fingerprint density at radius 1 is 1.30 bits per heavy atom. The minimum Gasteiger partial charge on any atom is -0.507 e. The topological polar surface area (TPSA) is 110 Å². The van der Waals surface area contributed by atoms with Gasteiger partial charge in [-0.05, 0) is 54.9 Å². The molecule has 0 saturated carbocycles. The Balaban J connectivity index is 2.01. The number of aromatic hydroxyl groups is 1. The van der Waals surface area contributed by atoms with Crippen molar-refractivity contribution in [2.24, 2.45) is 5.10 Å². The zero-order chi connectivity index (χ0) is 17.0. The molecule has 0 atom stereocenters. The first-order chi connectivity index (χ1) is 10.8. The summed E-state index contributed by atoms with van der Waals surface area (Å²) in [6, 6.07) is 4.78. The molecule has 0 saturated heterocycles. The van der Waals surface area contributed by atoms with Crippen LogP contribution >= 0.6 is 12.2 Å². The quantitative estimate of drug-likeness (QED) is 0.386. The fourth-order valence-electron chi connectivity index (χ4n) is 2.07. The van der Waals surface area contributed by atoms with Gasteiger partial charge in [-0.25, -0.2) is 5.43 Å². The molecule has 4 N–H and O–H groups in total. The van der Waals surface area contributed by atoms with Crippen molar-refractivity contribution >= 4 is 24.3 Å². The monoisotopic (exact) mass is 332 g/mol. The maximum Gasteiger partial charge on any atom is 0.251 e. The van der Waals surface area contributed by atoms with Gasteiger partial charge in [-0.2, -0.15) is 5.10 Å². The van der Waals surface area contributed by atoms with E-state index in [4.69, 9.17) is 12.2 Å². The Labute approximate surface area is 137 Å². The third-order valence-electron chi connectivity index (χ3n) is 3.08. The number of nitrogens with one attached hydrogen (secondary N) is 3. The lowest BCUT2D eigenvalue weighted by Gasteiger charge is -2.04. The maximum atomic E-state index is 11.8. The number of benzene rings is 1. The molecule has 120 valence electrons. The van der Waals surface area contributed by atoms with Crippen molar-refractivity contribution in [3.8, 4) is 5.75 Å². The Morgan fingerprint density at radius 2 is 1.96 bits per heavy atom. The number of rotatable bonds is 4. The fraction of sp³-hybridized carbons (Fsp3) is 0.200. The van der Waals surface area contributed by atoms with E-state index in [-0.39, 0.29) is 28.4 Å². The number of hydrogen-bond donors (Lipinski definition) is 4. The third kappa shape index (κ3) is 4.62. The number of H-pyrrole nitrogens is 2. The summed E-state index contributed by atoms with van der Waals surface area (Å²) in [5.41, 5.74) is 4.63. The van der Waals surface area contributed by atoms with Crippen LogP contribution in [0.1, 0.15) is 22.4 Å². The summed E-state index contributed by atoms with van der Waals surface area (Å²) in [4.78, 5) is 28.2. The molecule has 23 heavy (non-hydrogen) atoms. The molecular weight excluding hydrogens is 316 g/mol. The summed E-state index contributed by atoms with van der Waals surface area (Å²) in [7, 11) is 0. The van der Waals surface area contributed by atoms with E-state index in [2.05, 4.69) is 20.5 Å². The summed E-state index contributed by atoms with van der Waals surface area (Å²) in [6.07, 6.45) is 1.44. The first-order valence-corrected chi connectivity index (χ1v) is 7.20. The van der Waals surface area contributed by atoms with E-state index in [0.717, 1.165) is 16.7 Å². The van der Waals surface area contributed by atoms with Gasteiger partial charge < -0.3 is 10.1 Å². The molecular formula is C15H16N4O3S. The summed E-state index contributed by atoms with van der Waals surface area (Å²) in [5, 5.41) is 13.6. The van der Waals surface area contributed by atoms with Gasteiger partial charge in [0, 0.05) is 11.8 Å². The SMILES string of the molecule is Cc1cc(/C=N/NC(=O)Cc2cc(=O)[nH]c(=S)[nH]2)cc(C)c1O. The molecule has 2 rings (SSSR count). The summed E-state index contributed by atoms with van der Waals surface area (Å²) < 4.78 is 0.166. The Hall–Kier alpha value is -2.74. The molecule has 1 amide bonds. The summed E-state index contributed by atoms with van der Waals surface area (Å²) >= 11 is 4.83. The average molecular weight is 332 g/mol. The Kier molecular flexibility index (Phi) is 5.07. The highest BCUT2D eigenvalue weighted by atomic mass is 32.1. The van der Waals surface area contributed by atoms with Crippen LogP contribution in [0.25, 0.3) is 0 Å². The van der Waals surface area contributed by atoms with Gasteiger partial charge in [0.15, 0.2) is 4.77 Å². The van der Waals surface area contributed by atoms with E-state index in [1.807, 2.05) is 0 Å². The zero-order valence-corrected chi connectivity index (χ0v) is 13.5. The van der Waals surface area contributed by atoms with Gasteiger partial charge in [0.2, 0.25) is 5.91 Å². The van der Waals surface area contributed by atoms with Crippen molar-refractivity contribution < 1.29 is 9.90 Å². The zero-order valence-electron chi connectivity index (χ0n) is 12.6. The average Bonchev–Trinajstić information content (AvgIpc) is 2.43. The number of carbonyl (C=O) groups is 1. The van der Waals surface area contributed by atoms with Crippen LogP contribution in [-0.2, 0) is 11.2 Å². The van der Waals surface area contributed by atoms with Gasteiger partial charge >= 0.3 is 0 Å². The van der Waals surface area contributed by atoms with E-state index in [9.17, 15) is 14.7 Å². The summed E-state index contributed by atoms with van der Waals surface area (Å²) in [6.45, 7) is 3.57. The predicted octanol–water partition coefficient (Wildman–Crippen LogP) is 1.45. The van der Waals surface area contributed by atoms with Gasteiger partial charge in [-0.1, -0.05) is 0 Å². The number of hydrazone groups is 1. The number of aromatic nitrogens is 2. The minimum atomic E-state index is -0.385. The number of phenols is 1. The Morgan fingerprint density at radius 3 is 2.57 bits per heavy atom. The highest BCUT2D eigenvalue weighted by molar-refractivity contribution is 7.71. The normalized spacial score (nSPS) is 10.9. The van der Waals surface area contributed by atoms with Crippen LogP contribution in [0, 0.1) is 18.6 Å². The molecule has 8 heteroatoms. The van der Waals surface area contributed by atoms with Crippen LogP contribution in [-0.4, -0.2) is 27.2 Å². The molecule has 0 radical (unpaired) electrons. The van der Waals surface area contributed by atoms with Crippen LogP contribution in [0.15, 0.2) is 28.1 Å². The second-order valence-electron chi connectivity index (χ2n) is 5.09. The van der Waals surface area contributed by atoms with Gasteiger partial charge in [0.25, 0.3) is 5.56 Å². The highest BCUT2D eigenvalue weighted by Crippen LogP contribution is 2.21. The lowest BCUT2D eigenvalue weighted by Crippen LogP contribution is -2.21. The maximum absolute atomic E-state index is 11.8. The predicted molar refractivity (Wildman–Crippen MR) is 89.3 cm³/mol. The molecule has 0 aliphatic carbocycles. The molecule has 2 aromatic rings. The van der Waals surface area contributed by atoms with E-state index < -0.39 is 0 Å². The fourth-order valence-corrected chi connectivity index (χ4v) is 2.30. The molecule has 0 aliphatic heterocycles. The molecule has 7 nitrogen and oxygen atoms in total. The van der Waals surface area contributed by atoms with Gasteiger partial charge in [-0.15, -0.1) is 0 Å². The first-order valence-electron chi connectivity index (χ1n) is 6.80. The van der Waals surface area contributed by atoms with E-state index >= 15 is 0 Å². The lowest BCUT2D eigenvalue weighted by molar-refractivity contribution is -0.120. The summed E-state index contributed by atoms with van der Waals surface area (Å²) in [5.74, 6) is -0.138. The number of amides is 1. The van der Waals surface area contributed by atoms with Crippen molar-refractivity contribution in [3.63, 3.8) is 0 Å². The third-order valence-corrected chi connectivity index (χ3v) is 3.29. The minimum absolute atomic E-state index is 0.0431. The number of hydrogen-bond acceptors (Lipinski definition) is 5. The second kappa shape index (κ2) is 7.01. The van der Waals surface area contributed by atoms with Crippen LogP contribution in [0.4, 0.5) is 0 Å². The smallest absolute Gasteiger partial charge is 0.251 e. The van der Waals surface area contributed by atoms with Crippen molar-refractivity contribution in [2.75, 3.05) is 0 Å². The largest absolute Gasteiger partial charge is 0.507 e. The molecule has 0 spiro atoms. The van der Waals surface area contributed by atoms with Crippen molar-refractivity contribution in [1.29, 1.82) is 0 Å². The molecule has 0 unspecified atom stereocenters. The first kappa shape index (κ1) is 16.6. The number of nitrogens with zero attached hydrogens (tertiary/aromatic N) is 1. The molecule has 0 fully saturated rings. The lowest BCUT2D eigenvalue weighted by atomic mass is 10.1. The van der Waals surface area contributed by atoms with Gasteiger partial charge in [-0.3, -0.25) is 14.6 Å². The van der Waals surface area contributed by atoms with Crippen LogP contribution in [0.3, 0.4) is 0 Å².